The van der Waals surface area contributed by atoms with Gasteiger partial charge >= 0.3 is 12.1 Å². The number of methoxy groups -OCH3 is 1. The summed E-state index contributed by atoms with van der Waals surface area (Å²) >= 11 is 0. The molecule has 0 bridgehead atoms. The van der Waals surface area contributed by atoms with Crippen LogP contribution in [0.2, 0.25) is 0 Å². The second-order valence-electron chi connectivity index (χ2n) is 6.68. The minimum absolute atomic E-state index is 0.0821. The number of hydrogen-bond acceptors (Lipinski definition) is 6. The van der Waals surface area contributed by atoms with Crippen LogP contribution in [0.25, 0.3) is 0 Å². The van der Waals surface area contributed by atoms with Crippen LogP contribution in [0.4, 0.5) is 13.2 Å². The number of allylic oxidation sites excluding steroid dienone is 2. The van der Waals surface area contributed by atoms with Gasteiger partial charge in [-0.3, -0.25) is 4.79 Å². The van der Waals surface area contributed by atoms with Gasteiger partial charge in [-0.2, -0.15) is 13.2 Å². The van der Waals surface area contributed by atoms with E-state index in [1.165, 1.54) is 19.2 Å². The van der Waals surface area contributed by atoms with E-state index >= 15 is 0 Å². The second-order valence-corrected chi connectivity index (χ2v) is 6.68. The van der Waals surface area contributed by atoms with Gasteiger partial charge in [-0.25, -0.2) is 4.79 Å². The molecular weight excluding hydrogens is 391 g/mol. The van der Waals surface area contributed by atoms with Gasteiger partial charge in [-0.05, 0) is 18.1 Å². The first-order valence-electron chi connectivity index (χ1n) is 9.01. The molecule has 1 aromatic carbocycles. The van der Waals surface area contributed by atoms with Crippen molar-refractivity contribution in [3.05, 3.63) is 58.2 Å². The lowest BCUT2D eigenvalue weighted by atomic mass is 9.77. The van der Waals surface area contributed by atoms with Crippen molar-refractivity contribution in [2.45, 2.75) is 31.4 Å². The maximum atomic E-state index is 13.2. The molecular formula is C20H20F3NO5. The number of nitrogens with two attached hydrogens (primary N) is 1. The van der Waals surface area contributed by atoms with Crippen LogP contribution < -0.4 is 5.73 Å². The number of Topliss-reactive ketones (excluding diaryl/α,β-unsaturated/α-hetero) is 1. The summed E-state index contributed by atoms with van der Waals surface area (Å²) in [7, 11) is 1.43. The van der Waals surface area contributed by atoms with Crippen LogP contribution in [0, 0.1) is 0 Å². The number of rotatable bonds is 5. The highest BCUT2D eigenvalue weighted by molar-refractivity contribution is 6.03. The molecule has 156 valence electrons. The van der Waals surface area contributed by atoms with Gasteiger partial charge in [-0.1, -0.05) is 18.2 Å². The van der Waals surface area contributed by atoms with Crippen LogP contribution in [0.15, 0.2) is 47.1 Å². The van der Waals surface area contributed by atoms with Gasteiger partial charge in [0.15, 0.2) is 5.78 Å². The van der Waals surface area contributed by atoms with Gasteiger partial charge in [-0.15, -0.1) is 0 Å². The van der Waals surface area contributed by atoms with Crippen LogP contribution in [0.5, 0.6) is 0 Å². The van der Waals surface area contributed by atoms with E-state index < -0.39 is 23.6 Å². The van der Waals surface area contributed by atoms with Crippen molar-refractivity contribution < 1.29 is 37.0 Å². The van der Waals surface area contributed by atoms with Crippen LogP contribution >= 0.6 is 0 Å². The molecule has 0 radical (unpaired) electrons. The van der Waals surface area contributed by atoms with Crippen molar-refractivity contribution in [3.63, 3.8) is 0 Å². The van der Waals surface area contributed by atoms with Gasteiger partial charge in [0.1, 0.15) is 17.9 Å². The van der Waals surface area contributed by atoms with E-state index in [1.807, 2.05) is 0 Å². The number of carbonyl (C=O) groups is 2. The maximum absolute atomic E-state index is 13.2. The molecule has 0 amide bonds. The highest BCUT2D eigenvalue weighted by atomic mass is 19.4. The monoisotopic (exact) mass is 411 g/mol. The summed E-state index contributed by atoms with van der Waals surface area (Å²) in [4.78, 5) is 25.3. The lowest BCUT2D eigenvalue weighted by Crippen LogP contribution is -2.32. The summed E-state index contributed by atoms with van der Waals surface area (Å²) < 4.78 is 55.2. The Morgan fingerprint density at radius 1 is 1.28 bits per heavy atom. The van der Waals surface area contributed by atoms with E-state index in [4.69, 9.17) is 19.9 Å². The molecule has 2 aliphatic rings. The molecule has 3 rings (SSSR count). The number of esters is 1. The zero-order valence-corrected chi connectivity index (χ0v) is 15.7. The summed E-state index contributed by atoms with van der Waals surface area (Å²) in [6, 6.07) is 4.49. The zero-order chi connectivity index (χ0) is 21.2. The van der Waals surface area contributed by atoms with E-state index in [1.54, 1.807) is 0 Å². The first-order chi connectivity index (χ1) is 13.7. The number of benzene rings is 1. The van der Waals surface area contributed by atoms with Gasteiger partial charge in [0.25, 0.3) is 0 Å². The van der Waals surface area contributed by atoms with Gasteiger partial charge in [0.2, 0.25) is 5.88 Å². The Morgan fingerprint density at radius 3 is 2.72 bits per heavy atom. The Kier molecular flexibility index (Phi) is 5.97. The smallest absolute Gasteiger partial charge is 0.416 e. The SMILES string of the molecule is COCCOC(=O)C1=C(N)OC2=C(C(=O)CCC2)[C@@H]1c1cccc(C(F)(F)F)c1. The van der Waals surface area contributed by atoms with E-state index in [9.17, 15) is 22.8 Å². The second kappa shape index (κ2) is 8.28. The number of ether oxygens (including phenoxy) is 3. The van der Waals surface area contributed by atoms with Crippen LogP contribution in [0.1, 0.15) is 36.3 Å². The van der Waals surface area contributed by atoms with E-state index in [0.29, 0.717) is 12.8 Å². The fourth-order valence-electron chi connectivity index (χ4n) is 3.48. The summed E-state index contributed by atoms with van der Waals surface area (Å²) in [5.41, 5.74) is 5.14. The Labute approximate surface area is 165 Å². The topological polar surface area (TPSA) is 87.8 Å². The van der Waals surface area contributed by atoms with Crippen molar-refractivity contribution in [3.8, 4) is 0 Å². The molecule has 0 saturated carbocycles. The minimum Gasteiger partial charge on any atom is -0.460 e. The predicted molar refractivity (Wildman–Crippen MR) is 95.2 cm³/mol. The molecule has 29 heavy (non-hydrogen) atoms. The summed E-state index contributed by atoms with van der Waals surface area (Å²) in [5, 5.41) is 0. The third-order valence-electron chi connectivity index (χ3n) is 4.77. The number of ketones is 1. The average Bonchev–Trinajstić information content (AvgIpc) is 2.66. The molecule has 9 heteroatoms. The molecule has 2 N–H and O–H groups in total. The first kappa shape index (κ1) is 20.9. The Bertz CT molecular complexity index is 888. The molecule has 1 heterocycles. The van der Waals surface area contributed by atoms with E-state index in [2.05, 4.69) is 0 Å². The molecule has 1 aliphatic heterocycles. The van der Waals surface area contributed by atoms with Crippen molar-refractivity contribution >= 4 is 11.8 Å². The normalized spacial score (nSPS) is 19.7. The van der Waals surface area contributed by atoms with Crippen LogP contribution in [0.3, 0.4) is 0 Å². The molecule has 6 nitrogen and oxygen atoms in total. The van der Waals surface area contributed by atoms with Gasteiger partial charge < -0.3 is 19.9 Å². The molecule has 0 fully saturated rings. The van der Waals surface area contributed by atoms with Gasteiger partial charge in [0, 0.05) is 25.5 Å². The van der Waals surface area contributed by atoms with Crippen LogP contribution in [-0.2, 0) is 30.0 Å². The van der Waals surface area contributed by atoms with E-state index in [0.717, 1.165) is 12.1 Å². The Morgan fingerprint density at radius 2 is 2.03 bits per heavy atom. The number of alkyl halides is 3. The quantitative estimate of drug-likeness (QED) is 0.592. The molecule has 0 saturated heterocycles. The molecule has 0 spiro atoms. The minimum atomic E-state index is -4.58. The summed E-state index contributed by atoms with van der Waals surface area (Å²) in [5.74, 6) is -2.24. The van der Waals surface area contributed by atoms with Gasteiger partial charge in [0.05, 0.1) is 18.1 Å². The number of halogens is 3. The maximum Gasteiger partial charge on any atom is 0.416 e. The van der Waals surface area contributed by atoms with Crippen molar-refractivity contribution in [1.29, 1.82) is 0 Å². The average molecular weight is 411 g/mol. The fraction of sp³-hybridized carbons (Fsp3) is 0.400. The molecule has 0 unspecified atom stereocenters. The highest BCUT2D eigenvalue weighted by Crippen LogP contribution is 2.45. The lowest BCUT2D eigenvalue weighted by molar-refractivity contribution is -0.141. The summed E-state index contributed by atoms with van der Waals surface area (Å²) in [6.45, 7) is 0.0438. The molecule has 1 aromatic rings. The fourth-order valence-corrected chi connectivity index (χ4v) is 3.48. The molecule has 0 aromatic heterocycles. The van der Waals surface area contributed by atoms with Crippen molar-refractivity contribution in [2.24, 2.45) is 5.73 Å². The lowest BCUT2D eigenvalue weighted by Gasteiger charge is -2.32. The first-order valence-corrected chi connectivity index (χ1v) is 9.01. The standard InChI is InChI=1S/C20H20F3NO5/c1-27-8-9-28-19(26)17-15(11-4-2-5-12(10-11)20(21,22)23)16-13(25)6-3-7-14(16)29-18(17)24/h2,4-5,10,15H,3,6-9,24H2,1H3/t15-/m0/s1. The zero-order valence-electron chi connectivity index (χ0n) is 15.7. The van der Waals surface area contributed by atoms with Crippen molar-refractivity contribution in [1.82, 2.24) is 0 Å². The van der Waals surface area contributed by atoms with E-state index in [-0.39, 0.29) is 53.8 Å². The Hall–Kier alpha value is -2.81. The number of hydrogen-bond donors (Lipinski definition) is 1. The highest BCUT2D eigenvalue weighted by Gasteiger charge is 2.42. The van der Waals surface area contributed by atoms with Crippen LogP contribution in [-0.4, -0.2) is 32.1 Å². The largest absolute Gasteiger partial charge is 0.460 e. The third kappa shape index (κ3) is 4.29. The molecule has 1 aliphatic carbocycles. The summed E-state index contributed by atoms with van der Waals surface area (Å²) in [6.07, 6.45) is -3.43. The molecule has 1 atom stereocenters. The van der Waals surface area contributed by atoms with Crippen molar-refractivity contribution in [2.75, 3.05) is 20.3 Å². The third-order valence-corrected chi connectivity index (χ3v) is 4.77. The Balaban J connectivity index is 2.10. The number of carbonyl (C=O) groups excluding carboxylic acids is 2. The predicted octanol–water partition coefficient (Wildman–Crippen LogP) is 3.19.